The van der Waals surface area contributed by atoms with Gasteiger partial charge in [0.25, 0.3) is 0 Å². The van der Waals surface area contributed by atoms with Gasteiger partial charge in [0.1, 0.15) is 23.7 Å². The third-order valence-corrected chi connectivity index (χ3v) is 3.94. The molecule has 1 amide bonds. The van der Waals surface area contributed by atoms with Crippen LogP contribution in [0.5, 0.6) is 0 Å². The van der Waals surface area contributed by atoms with Crippen LogP contribution in [0.2, 0.25) is 0 Å². The van der Waals surface area contributed by atoms with E-state index in [4.69, 9.17) is 14.6 Å². The Labute approximate surface area is 117 Å². The lowest BCUT2D eigenvalue weighted by atomic mass is 9.80. The van der Waals surface area contributed by atoms with E-state index in [1.165, 1.54) is 6.08 Å². The quantitative estimate of drug-likeness (QED) is 0.523. The van der Waals surface area contributed by atoms with Crippen LogP contribution in [0.1, 0.15) is 6.42 Å². The lowest BCUT2D eigenvalue weighted by Crippen LogP contribution is -2.52. The normalized spacial score (nSPS) is 40.2. The fourth-order valence-electron chi connectivity index (χ4n) is 3.23. The van der Waals surface area contributed by atoms with E-state index in [9.17, 15) is 24.3 Å². The molecule has 0 spiro atoms. The van der Waals surface area contributed by atoms with E-state index in [-0.39, 0.29) is 0 Å². The van der Waals surface area contributed by atoms with Crippen molar-refractivity contribution in [3.63, 3.8) is 0 Å². The van der Waals surface area contributed by atoms with E-state index in [0.29, 0.717) is 0 Å². The number of amides is 1. The maximum absolute atomic E-state index is 12.1. The summed E-state index contributed by atoms with van der Waals surface area (Å²) in [4.78, 5) is 45.8. The second kappa shape index (κ2) is 4.29. The first-order valence-corrected chi connectivity index (χ1v) is 6.17. The summed E-state index contributed by atoms with van der Waals surface area (Å²) in [7, 11) is 0. The van der Waals surface area contributed by atoms with E-state index in [0.717, 1.165) is 6.08 Å². The fraction of sp³-hybridized carbons (Fsp3) is 0.500. The molecule has 5 atom stereocenters. The highest BCUT2D eigenvalue weighted by Gasteiger charge is 2.70. The standard InChI is InChI=1S/C12H11NO8/c14-5(15)3-12-7(10(17)13-9(12)11(18)19)8-4(21-12)1-2-6(16)20-8/h1-2,4,7-9H,3H2,(H,13,17)(H,14,15)(H,18,19)/t4-,7+,8+,9-,12+/m0/s1. The monoisotopic (exact) mass is 297 g/mol. The number of rotatable bonds is 3. The van der Waals surface area contributed by atoms with E-state index in [2.05, 4.69) is 5.32 Å². The van der Waals surface area contributed by atoms with Gasteiger partial charge in [-0.05, 0) is 6.08 Å². The molecule has 112 valence electrons. The Hall–Kier alpha value is -2.42. The molecule has 3 heterocycles. The average Bonchev–Trinajstić information content (AvgIpc) is 2.81. The Morgan fingerprint density at radius 3 is 2.67 bits per heavy atom. The van der Waals surface area contributed by atoms with E-state index >= 15 is 0 Å². The largest absolute Gasteiger partial charge is 0.481 e. The Balaban J connectivity index is 2.06. The van der Waals surface area contributed by atoms with Gasteiger partial charge in [-0.15, -0.1) is 0 Å². The first-order chi connectivity index (χ1) is 9.85. The number of ether oxygens (including phenoxy) is 2. The fourth-order valence-corrected chi connectivity index (χ4v) is 3.23. The summed E-state index contributed by atoms with van der Waals surface area (Å²) in [6.45, 7) is 0. The zero-order valence-electron chi connectivity index (χ0n) is 10.5. The molecule has 0 aromatic carbocycles. The summed E-state index contributed by atoms with van der Waals surface area (Å²) in [5, 5.41) is 20.5. The zero-order chi connectivity index (χ0) is 15.4. The summed E-state index contributed by atoms with van der Waals surface area (Å²) < 4.78 is 10.6. The Bertz CT molecular complexity index is 584. The van der Waals surface area contributed by atoms with Gasteiger partial charge >= 0.3 is 17.9 Å². The number of esters is 1. The number of aliphatic carboxylic acids is 2. The van der Waals surface area contributed by atoms with Crippen molar-refractivity contribution >= 4 is 23.8 Å². The lowest BCUT2D eigenvalue weighted by Gasteiger charge is -2.29. The molecule has 0 aromatic rings. The molecule has 0 unspecified atom stereocenters. The van der Waals surface area contributed by atoms with Crippen LogP contribution in [-0.2, 0) is 28.7 Å². The minimum absolute atomic E-state index is 0.683. The van der Waals surface area contributed by atoms with Crippen molar-refractivity contribution in [3.05, 3.63) is 12.2 Å². The van der Waals surface area contributed by atoms with Crippen LogP contribution in [0, 0.1) is 5.92 Å². The number of carbonyl (C=O) groups excluding carboxylic acids is 2. The molecule has 2 saturated heterocycles. The predicted molar refractivity (Wildman–Crippen MR) is 61.9 cm³/mol. The van der Waals surface area contributed by atoms with Crippen molar-refractivity contribution in [1.29, 1.82) is 0 Å². The number of hydrogen-bond donors (Lipinski definition) is 3. The zero-order valence-corrected chi connectivity index (χ0v) is 10.5. The van der Waals surface area contributed by atoms with Crippen LogP contribution < -0.4 is 5.32 Å². The van der Waals surface area contributed by atoms with E-state index in [1.54, 1.807) is 0 Å². The van der Waals surface area contributed by atoms with Crippen molar-refractivity contribution in [2.24, 2.45) is 5.92 Å². The average molecular weight is 297 g/mol. The molecule has 3 N–H and O–H groups in total. The van der Waals surface area contributed by atoms with Crippen LogP contribution in [0.4, 0.5) is 0 Å². The third-order valence-electron chi connectivity index (χ3n) is 3.94. The second-order valence-corrected chi connectivity index (χ2v) is 5.13. The second-order valence-electron chi connectivity index (χ2n) is 5.13. The minimum Gasteiger partial charge on any atom is -0.481 e. The van der Waals surface area contributed by atoms with Crippen molar-refractivity contribution in [2.45, 2.75) is 30.3 Å². The maximum atomic E-state index is 12.1. The van der Waals surface area contributed by atoms with Crippen LogP contribution >= 0.6 is 0 Å². The Morgan fingerprint density at radius 1 is 1.33 bits per heavy atom. The van der Waals surface area contributed by atoms with E-state index in [1.807, 2.05) is 0 Å². The topological polar surface area (TPSA) is 139 Å². The molecule has 9 heteroatoms. The molecule has 0 radical (unpaired) electrons. The van der Waals surface area contributed by atoms with E-state index < -0.39 is 60.0 Å². The number of nitrogens with one attached hydrogen (secondary N) is 1. The number of carbonyl (C=O) groups is 4. The SMILES string of the molecule is O=C(O)C[C@@]12O[C@H]3C=CC(=O)O[C@H]3[C@@H]1C(=O)N[C@H]2C(=O)O. The third kappa shape index (κ3) is 1.81. The van der Waals surface area contributed by atoms with Gasteiger partial charge in [-0.3, -0.25) is 9.59 Å². The lowest BCUT2D eigenvalue weighted by molar-refractivity contribution is -0.156. The van der Waals surface area contributed by atoms with Gasteiger partial charge < -0.3 is 25.0 Å². The highest BCUT2D eigenvalue weighted by Crippen LogP contribution is 2.48. The molecule has 2 fully saturated rings. The molecule has 0 saturated carbocycles. The van der Waals surface area contributed by atoms with Crippen molar-refractivity contribution in [3.8, 4) is 0 Å². The number of hydrogen-bond acceptors (Lipinski definition) is 6. The smallest absolute Gasteiger partial charge is 0.330 e. The van der Waals surface area contributed by atoms with Gasteiger partial charge in [-0.2, -0.15) is 0 Å². The molecule has 0 aliphatic carbocycles. The highest BCUT2D eigenvalue weighted by molar-refractivity contribution is 5.95. The molecule has 3 aliphatic rings. The summed E-state index contributed by atoms with van der Waals surface area (Å²) >= 11 is 0. The van der Waals surface area contributed by atoms with Gasteiger partial charge in [0, 0.05) is 6.08 Å². The summed E-state index contributed by atoms with van der Waals surface area (Å²) in [5.74, 6) is -5.26. The van der Waals surface area contributed by atoms with Crippen LogP contribution in [0.15, 0.2) is 12.2 Å². The number of carboxylic acid groups (broad SMARTS) is 2. The molecule has 9 nitrogen and oxygen atoms in total. The predicted octanol–water partition coefficient (Wildman–Crippen LogP) is -1.72. The first kappa shape index (κ1) is 13.6. The van der Waals surface area contributed by atoms with Gasteiger partial charge in [0.15, 0.2) is 6.04 Å². The van der Waals surface area contributed by atoms with Crippen LogP contribution in [0.3, 0.4) is 0 Å². The van der Waals surface area contributed by atoms with Gasteiger partial charge in [0.2, 0.25) is 5.91 Å². The molecule has 3 rings (SSSR count). The van der Waals surface area contributed by atoms with Crippen molar-refractivity contribution in [2.75, 3.05) is 0 Å². The molecular formula is C12H11NO8. The van der Waals surface area contributed by atoms with Gasteiger partial charge in [-0.1, -0.05) is 0 Å². The summed E-state index contributed by atoms with van der Waals surface area (Å²) in [5.41, 5.74) is -1.78. The molecule has 0 aromatic heterocycles. The molecular weight excluding hydrogens is 286 g/mol. The van der Waals surface area contributed by atoms with Crippen LogP contribution in [0.25, 0.3) is 0 Å². The van der Waals surface area contributed by atoms with Crippen molar-refractivity contribution < 1.29 is 38.9 Å². The molecule has 3 aliphatic heterocycles. The molecule has 0 bridgehead atoms. The molecule has 21 heavy (non-hydrogen) atoms. The highest BCUT2D eigenvalue weighted by atomic mass is 16.6. The first-order valence-electron chi connectivity index (χ1n) is 6.17. The summed E-state index contributed by atoms with van der Waals surface area (Å²) in [6, 6.07) is -1.51. The van der Waals surface area contributed by atoms with Crippen molar-refractivity contribution in [1.82, 2.24) is 5.32 Å². The number of carboxylic acids is 2. The maximum Gasteiger partial charge on any atom is 0.330 e. The Kier molecular flexibility index (Phi) is 2.77. The Morgan fingerprint density at radius 2 is 2.05 bits per heavy atom. The summed E-state index contributed by atoms with van der Waals surface area (Å²) in [6.07, 6.45) is -0.0908. The van der Waals surface area contributed by atoms with Gasteiger partial charge in [-0.25, -0.2) is 9.59 Å². The van der Waals surface area contributed by atoms with Crippen LogP contribution in [-0.4, -0.2) is 57.9 Å². The number of fused-ring (bicyclic) bond motifs is 3. The minimum atomic E-state index is -1.78. The van der Waals surface area contributed by atoms with Gasteiger partial charge in [0.05, 0.1) is 6.42 Å².